The molecule has 0 aromatic heterocycles. The van der Waals surface area contributed by atoms with Crippen LogP contribution in [0.4, 0.5) is 0 Å². The number of nitriles is 1. The fourth-order valence-electron chi connectivity index (χ4n) is 1.17. The van der Waals surface area contributed by atoms with Crippen LogP contribution >= 0.6 is 0 Å². The molecule has 4 nitrogen and oxygen atoms in total. The molecule has 0 amide bonds. The maximum atomic E-state index is 11.8. The zero-order valence-corrected chi connectivity index (χ0v) is 10.7. The summed E-state index contributed by atoms with van der Waals surface area (Å²) in [7, 11) is -3.27. The van der Waals surface area contributed by atoms with Crippen LogP contribution in [-0.2, 0) is 10.0 Å². The Hall–Kier alpha value is -0.600. The van der Waals surface area contributed by atoms with Crippen LogP contribution in [0.2, 0.25) is 0 Å². The van der Waals surface area contributed by atoms with Crippen molar-refractivity contribution in [1.82, 2.24) is 4.31 Å². The normalized spacial score (nSPS) is 12.4. The second kappa shape index (κ2) is 6.09. The van der Waals surface area contributed by atoms with Crippen molar-refractivity contribution < 1.29 is 8.42 Å². The molecule has 0 atom stereocenters. The summed E-state index contributed by atoms with van der Waals surface area (Å²) in [5.74, 6) is 0.487. The fraction of sp³-hybridized carbons (Fsp3) is 0.900. The molecule has 0 saturated heterocycles. The van der Waals surface area contributed by atoms with E-state index in [1.54, 1.807) is 13.8 Å². The van der Waals surface area contributed by atoms with E-state index in [1.807, 2.05) is 19.9 Å². The van der Waals surface area contributed by atoms with Gasteiger partial charge in [-0.1, -0.05) is 13.8 Å². The van der Waals surface area contributed by atoms with Crippen LogP contribution in [0.3, 0.4) is 0 Å². The Bertz CT molecular complexity index is 315. The van der Waals surface area contributed by atoms with Gasteiger partial charge in [0.15, 0.2) is 0 Å². The quantitative estimate of drug-likeness (QED) is 0.653. The first-order chi connectivity index (χ1) is 6.81. The van der Waals surface area contributed by atoms with Gasteiger partial charge in [0.2, 0.25) is 10.0 Å². The van der Waals surface area contributed by atoms with Crippen molar-refractivity contribution in [2.24, 2.45) is 5.92 Å². The monoisotopic (exact) mass is 232 g/mol. The van der Waals surface area contributed by atoms with Gasteiger partial charge in [-0.05, 0) is 26.2 Å². The highest BCUT2D eigenvalue weighted by Crippen LogP contribution is 2.11. The van der Waals surface area contributed by atoms with Gasteiger partial charge in [-0.2, -0.15) is 9.57 Å². The molecule has 5 heteroatoms. The van der Waals surface area contributed by atoms with Gasteiger partial charge in [0, 0.05) is 6.04 Å². The maximum Gasteiger partial charge on any atom is 0.215 e. The van der Waals surface area contributed by atoms with E-state index < -0.39 is 10.0 Å². The standard InChI is InChI=1S/C10H20N2O2S/c1-9(2)5-8-15(13,14)12(7-6-11)10(3)4/h9-10H,5,7-8H2,1-4H3. The Morgan fingerprint density at radius 1 is 1.27 bits per heavy atom. The first-order valence-electron chi connectivity index (χ1n) is 5.17. The molecule has 0 saturated carbocycles. The predicted octanol–water partition coefficient (Wildman–Crippen LogP) is 1.60. The molecule has 0 aliphatic carbocycles. The average molecular weight is 232 g/mol. The highest BCUT2D eigenvalue weighted by molar-refractivity contribution is 7.89. The van der Waals surface area contributed by atoms with Crippen molar-refractivity contribution in [2.45, 2.75) is 40.2 Å². The van der Waals surface area contributed by atoms with Gasteiger partial charge in [-0.15, -0.1) is 0 Å². The molecule has 88 valence electrons. The summed E-state index contributed by atoms with van der Waals surface area (Å²) >= 11 is 0. The molecule has 0 heterocycles. The molecular formula is C10H20N2O2S. The summed E-state index contributed by atoms with van der Waals surface area (Å²) in [6.45, 7) is 7.48. The molecule has 0 aromatic rings. The van der Waals surface area contributed by atoms with Crippen LogP contribution in [0.25, 0.3) is 0 Å². The van der Waals surface area contributed by atoms with Gasteiger partial charge >= 0.3 is 0 Å². The van der Waals surface area contributed by atoms with Crippen molar-refractivity contribution in [3.8, 4) is 6.07 Å². The minimum absolute atomic E-state index is 0.0574. The van der Waals surface area contributed by atoms with Crippen molar-refractivity contribution in [1.29, 1.82) is 5.26 Å². The van der Waals surface area contributed by atoms with E-state index in [4.69, 9.17) is 5.26 Å². The van der Waals surface area contributed by atoms with Crippen LogP contribution in [-0.4, -0.2) is 31.1 Å². The topological polar surface area (TPSA) is 61.2 Å². The SMILES string of the molecule is CC(C)CCS(=O)(=O)N(CC#N)C(C)C. The highest BCUT2D eigenvalue weighted by atomic mass is 32.2. The van der Waals surface area contributed by atoms with E-state index >= 15 is 0 Å². The largest absolute Gasteiger partial charge is 0.215 e. The Balaban J connectivity index is 4.59. The van der Waals surface area contributed by atoms with Crippen molar-refractivity contribution in [2.75, 3.05) is 12.3 Å². The van der Waals surface area contributed by atoms with Crippen molar-refractivity contribution >= 4 is 10.0 Å². The average Bonchev–Trinajstić information content (AvgIpc) is 2.10. The minimum atomic E-state index is -3.27. The highest BCUT2D eigenvalue weighted by Gasteiger charge is 2.24. The zero-order valence-electron chi connectivity index (χ0n) is 9.90. The first kappa shape index (κ1) is 14.4. The van der Waals surface area contributed by atoms with Crippen LogP contribution in [0, 0.1) is 17.2 Å². The van der Waals surface area contributed by atoms with E-state index in [2.05, 4.69) is 0 Å². The maximum absolute atomic E-state index is 11.8. The van der Waals surface area contributed by atoms with Gasteiger partial charge in [0.05, 0.1) is 11.8 Å². The molecule has 0 rings (SSSR count). The molecule has 0 fully saturated rings. The lowest BCUT2D eigenvalue weighted by Gasteiger charge is -2.23. The number of rotatable bonds is 6. The van der Waals surface area contributed by atoms with Crippen LogP contribution in [0.1, 0.15) is 34.1 Å². The molecule has 0 aromatic carbocycles. The first-order valence-corrected chi connectivity index (χ1v) is 6.78. The van der Waals surface area contributed by atoms with Gasteiger partial charge in [-0.3, -0.25) is 0 Å². The number of hydrogen-bond donors (Lipinski definition) is 0. The molecular weight excluding hydrogens is 212 g/mol. The van der Waals surface area contributed by atoms with Crippen molar-refractivity contribution in [3.63, 3.8) is 0 Å². The third-order valence-corrected chi connectivity index (χ3v) is 4.13. The lowest BCUT2D eigenvalue weighted by Crippen LogP contribution is -2.38. The van der Waals surface area contributed by atoms with Crippen LogP contribution in [0.15, 0.2) is 0 Å². The molecule has 0 unspecified atom stereocenters. The molecule has 0 aliphatic heterocycles. The summed E-state index contributed by atoms with van der Waals surface area (Å²) in [5, 5.41) is 8.57. The zero-order chi connectivity index (χ0) is 12.1. The summed E-state index contributed by atoms with van der Waals surface area (Å²) in [6.07, 6.45) is 0.636. The lowest BCUT2D eigenvalue weighted by molar-refractivity contribution is 0.383. The Kier molecular flexibility index (Phi) is 5.84. The second-order valence-corrected chi connectivity index (χ2v) is 6.34. The molecule has 0 spiro atoms. The van der Waals surface area contributed by atoms with E-state index in [9.17, 15) is 8.42 Å². The molecule has 0 N–H and O–H groups in total. The third kappa shape index (κ3) is 5.14. The van der Waals surface area contributed by atoms with Crippen molar-refractivity contribution in [3.05, 3.63) is 0 Å². The van der Waals surface area contributed by atoms with Crippen LogP contribution in [0.5, 0.6) is 0 Å². The minimum Gasteiger partial charge on any atom is -0.212 e. The summed E-state index contributed by atoms with van der Waals surface area (Å²) < 4.78 is 24.9. The third-order valence-electron chi connectivity index (χ3n) is 2.11. The number of nitrogens with zero attached hydrogens (tertiary/aromatic N) is 2. The van der Waals surface area contributed by atoms with Gasteiger partial charge in [-0.25, -0.2) is 8.42 Å². The Morgan fingerprint density at radius 2 is 1.80 bits per heavy atom. The molecule has 0 bridgehead atoms. The molecule has 15 heavy (non-hydrogen) atoms. The summed E-state index contributed by atoms with van der Waals surface area (Å²) in [4.78, 5) is 0. The Morgan fingerprint density at radius 3 is 2.13 bits per heavy atom. The van der Waals surface area contributed by atoms with Crippen LogP contribution < -0.4 is 0 Å². The van der Waals surface area contributed by atoms with E-state index in [0.717, 1.165) is 0 Å². The molecule has 0 aliphatic rings. The van der Waals surface area contributed by atoms with E-state index in [0.29, 0.717) is 12.3 Å². The van der Waals surface area contributed by atoms with Gasteiger partial charge in [0.25, 0.3) is 0 Å². The number of sulfonamides is 1. The predicted molar refractivity (Wildman–Crippen MR) is 60.7 cm³/mol. The summed E-state index contributed by atoms with van der Waals surface area (Å²) in [6, 6.07) is 1.74. The number of hydrogen-bond acceptors (Lipinski definition) is 3. The summed E-state index contributed by atoms with van der Waals surface area (Å²) in [5.41, 5.74) is 0. The van der Waals surface area contributed by atoms with Gasteiger partial charge < -0.3 is 0 Å². The second-order valence-electron chi connectivity index (χ2n) is 4.30. The smallest absolute Gasteiger partial charge is 0.212 e. The van der Waals surface area contributed by atoms with Gasteiger partial charge in [0.1, 0.15) is 6.54 Å². The van der Waals surface area contributed by atoms with E-state index in [1.165, 1.54) is 4.31 Å². The molecule has 0 radical (unpaired) electrons. The Labute approximate surface area is 92.9 Å². The lowest BCUT2D eigenvalue weighted by atomic mass is 10.2. The van der Waals surface area contributed by atoms with E-state index in [-0.39, 0.29) is 18.3 Å². The fourth-order valence-corrected chi connectivity index (χ4v) is 3.07.